The number of halogens is 1. The Morgan fingerprint density at radius 2 is 1.87 bits per heavy atom. The van der Waals surface area contributed by atoms with E-state index in [4.69, 9.17) is 0 Å². The summed E-state index contributed by atoms with van der Waals surface area (Å²) in [6, 6.07) is 13.3. The fraction of sp³-hybridized carbons (Fsp3) is 0.222. The highest BCUT2D eigenvalue weighted by Gasteiger charge is 2.17. The van der Waals surface area contributed by atoms with Crippen LogP contribution in [0, 0.1) is 5.82 Å². The number of aliphatic imine (C=N–C) groups is 1. The van der Waals surface area contributed by atoms with Gasteiger partial charge in [-0.15, -0.1) is 0 Å². The summed E-state index contributed by atoms with van der Waals surface area (Å²) in [6.45, 7) is 3.49. The van der Waals surface area contributed by atoms with E-state index in [2.05, 4.69) is 15.6 Å². The molecular formula is C18H18FN3O. The third-order valence-corrected chi connectivity index (χ3v) is 3.87. The molecule has 0 bridgehead atoms. The summed E-state index contributed by atoms with van der Waals surface area (Å²) in [5.74, 6) is 0.130. The smallest absolute Gasteiger partial charge is 0.195 e. The molecular weight excluding hydrogens is 293 g/mol. The van der Waals surface area contributed by atoms with Gasteiger partial charge in [0.05, 0.1) is 6.54 Å². The number of rotatable bonds is 4. The van der Waals surface area contributed by atoms with Gasteiger partial charge in [-0.1, -0.05) is 19.1 Å². The molecule has 1 atom stereocenters. The lowest BCUT2D eigenvalue weighted by atomic mass is 9.92. The molecule has 23 heavy (non-hydrogen) atoms. The van der Waals surface area contributed by atoms with E-state index in [1.807, 2.05) is 31.2 Å². The van der Waals surface area contributed by atoms with Gasteiger partial charge in [0.25, 0.3) is 0 Å². The van der Waals surface area contributed by atoms with Gasteiger partial charge in [0.1, 0.15) is 5.82 Å². The summed E-state index contributed by atoms with van der Waals surface area (Å²) in [5.41, 5.74) is 2.36. The molecule has 1 aliphatic heterocycles. The fourth-order valence-corrected chi connectivity index (χ4v) is 2.49. The van der Waals surface area contributed by atoms with Crippen molar-refractivity contribution < 1.29 is 9.18 Å². The molecule has 1 unspecified atom stereocenters. The van der Waals surface area contributed by atoms with E-state index in [-0.39, 0.29) is 17.5 Å². The molecule has 1 aliphatic rings. The molecule has 2 N–H and O–H groups in total. The van der Waals surface area contributed by atoms with Crippen LogP contribution in [-0.4, -0.2) is 24.8 Å². The average molecular weight is 311 g/mol. The fourth-order valence-electron chi connectivity index (χ4n) is 2.49. The van der Waals surface area contributed by atoms with E-state index in [0.29, 0.717) is 5.56 Å². The summed E-state index contributed by atoms with van der Waals surface area (Å²) in [4.78, 5) is 16.7. The van der Waals surface area contributed by atoms with Gasteiger partial charge in [-0.05, 0) is 42.0 Å². The molecule has 0 saturated heterocycles. The van der Waals surface area contributed by atoms with Crippen LogP contribution in [0.15, 0.2) is 53.5 Å². The van der Waals surface area contributed by atoms with Gasteiger partial charge in [0.2, 0.25) is 0 Å². The highest BCUT2D eigenvalue weighted by atomic mass is 19.1. The maximum Gasteiger partial charge on any atom is 0.195 e. The monoisotopic (exact) mass is 311 g/mol. The van der Waals surface area contributed by atoms with Crippen molar-refractivity contribution in [2.45, 2.75) is 12.8 Å². The van der Waals surface area contributed by atoms with Crippen LogP contribution in [0.5, 0.6) is 0 Å². The van der Waals surface area contributed by atoms with Crippen molar-refractivity contribution in [3.63, 3.8) is 0 Å². The highest BCUT2D eigenvalue weighted by Crippen LogP contribution is 2.22. The summed E-state index contributed by atoms with van der Waals surface area (Å²) < 4.78 is 13.0. The summed E-state index contributed by atoms with van der Waals surface area (Å²) in [6.07, 6.45) is 0. The van der Waals surface area contributed by atoms with Crippen LogP contribution in [0.25, 0.3) is 0 Å². The Balaban J connectivity index is 1.70. The highest BCUT2D eigenvalue weighted by molar-refractivity contribution is 6.00. The van der Waals surface area contributed by atoms with Crippen molar-refractivity contribution in [3.8, 4) is 0 Å². The van der Waals surface area contributed by atoms with Crippen LogP contribution in [0.1, 0.15) is 28.8 Å². The molecule has 2 aromatic carbocycles. The SMILES string of the molecule is CC(C(=O)c1ccc(F)cc1)c1ccc(NC2=NCCN2)cc1. The standard InChI is InChI=1S/C18H18FN3O/c1-12(17(23)14-2-6-15(19)7-3-14)13-4-8-16(9-5-13)22-18-20-10-11-21-18/h2-9,12H,10-11H2,1H3,(H2,20,21,22). The van der Waals surface area contributed by atoms with Crippen LogP contribution in [0.3, 0.4) is 0 Å². The van der Waals surface area contributed by atoms with Crippen molar-refractivity contribution in [1.29, 1.82) is 0 Å². The maximum atomic E-state index is 13.0. The summed E-state index contributed by atoms with van der Waals surface area (Å²) in [7, 11) is 0. The quantitative estimate of drug-likeness (QED) is 0.853. The van der Waals surface area contributed by atoms with E-state index in [1.54, 1.807) is 0 Å². The van der Waals surface area contributed by atoms with Crippen LogP contribution in [-0.2, 0) is 0 Å². The summed E-state index contributed by atoms with van der Waals surface area (Å²) in [5, 5.41) is 6.33. The predicted octanol–water partition coefficient (Wildman–Crippen LogP) is 3.18. The number of hydrogen-bond acceptors (Lipinski definition) is 4. The second kappa shape index (κ2) is 6.60. The number of carbonyl (C=O) groups excluding carboxylic acids is 1. The first kappa shape index (κ1) is 15.2. The number of benzene rings is 2. The number of Topliss-reactive ketones (excluding diaryl/α,β-unsaturated/α-hetero) is 1. The molecule has 118 valence electrons. The number of nitrogens with zero attached hydrogens (tertiary/aromatic N) is 1. The number of anilines is 1. The third-order valence-electron chi connectivity index (χ3n) is 3.87. The minimum atomic E-state index is -0.340. The van der Waals surface area contributed by atoms with Crippen molar-refractivity contribution in [1.82, 2.24) is 5.32 Å². The minimum Gasteiger partial charge on any atom is -0.354 e. The summed E-state index contributed by atoms with van der Waals surface area (Å²) >= 11 is 0. The van der Waals surface area contributed by atoms with Gasteiger partial charge in [-0.25, -0.2) is 4.39 Å². The van der Waals surface area contributed by atoms with E-state index in [1.165, 1.54) is 24.3 Å². The zero-order valence-corrected chi connectivity index (χ0v) is 12.8. The molecule has 0 radical (unpaired) electrons. The van der Waals surface area contributed by atoms with Crippen molar-refractivity contribution in [2.75, 3.05) is 18.4 Å². The molecule has 3 rings (SSSR count). The van der Waals surface area contributed by atoms with Crippen LogP contribution >= 0.6 is 0 Å². The van der Waals surface area contributed by atoms with E-state index >= 15 is 0 Å². The van der Waals surface area contributed by atoms with E-state index in [9.17, 15) is 9.18 Å². The van der Waals surface area contributed by atoms with Gasteiger partial charge >= 0.3 is 0 Å². The van der Waals surface area contributed by atoms with Crippen LogP contribution in [0.4, 0.5) is 10.1 Å². The first-order valence-electron chi connectivity index (χ1n) is 7.58. The molecule has 5 heteroatoms. The van der Waals surface area contributed by atoms with Crippen molar-refractivity contribution in [2.24, 2.45) is 4.99 Å². The van der Waals surface area contributed by atoms with Crippen LogP contribution < -0.4 is 10.6 Å². The number of hydrogen-bond donors (Lipinski definition) is 2. The Morgan fingerprint density at radius 3 is 2.48 bits per heavy atom. The molecule has 0 aromatic heterocycles. The van der Waals surface area contributed by atoms with Gasteiger partial charge in [0, 0.05) is 23.7 Å². The molecule has 0 saturated carbocycles. The van der Waals surface area contributed by atoms with Crippen molar-refractivity contribution in [3.05, 3.63) is 65.5 Å². The normalized spacial score (nSPS) is 14.8. The van der Waals surface area contributed by atoms with Gasteiger partial charge in [-0.2, -0.15) is 0 Å². The Morgan fingerprint density at radius 1 is 1.17 bits per heavy atom. The Kier molecular flexibility index (Phi) is 4.37. The van der Waals surface area contributed by atoms with Gasteiger partial charge in [-0.3, -0.25) is 9.79 Å². The van der Waals surface area contributed by atoms with E-state index in [0.717, 1.165) is 30.3 Å². The maximum absolute atomic E-state index is 13.0. The average Bonchev–Trinajstić information content (AvgIpc) is 3.08. The first-order chi connectivity index (χ1) is 11.1. The second-order valence-corrected chi connectivity index (χ2v) is 5.50. The molecule has 2 aromatic rings. The van der Waals surface area contributed by atoms with Crippen LogP contribution in [0.2, 0.25) is 0 Å². The molecule has 1 heterocycles. The Bertz CT molecular complexity index is 723. The number of nitrogens with one attached hydrogen (secondary N) is 2. The number of ketones is 1. The topological polar surface area (TPSA) is 53.5 Å². The van der Waals surface area contributed by atoms with Gasteiger partial charge in [0.15, 0.2) is 11.7 Å². The predicted molar refractivity (Wildman–Crippen MR) is 89.5 cm³/mol. The molecule has 0 spiro atoms. The van der Waals surface area contributed by atoms with Gasteiger partial charge < -0.3 is 10.6 Å². The van der Waals surface area contributed by atoms with E-state index < -0.39 is 0 Å². The molecule has 0 amide bonds. The lowest BCUT2D eigenvalue weighted by Gasteiger charge is -2.12. The first-order valence-corrected chi connectivity index (χ1v) is 7.58. The minimum absolute atomic E-state index is 0.0208. The zero-order valence-electron chi connectivity index (χ0n) is 12.8. The number of carbonyl (C=O) groups is 1. The largest absolute Gasteiger partial charge is 0.354 e. The lowest BCUT2D eigenvalue weighted by Crippen LogP contribution is -2.26. The number of guanidine groups is 1. The van der Waals surface area contributed by atoms with Crippen molar-refractivity contribution >= 4 is 17.4 Å². The molecule has 0 fully saturated rings. The molecule has 0 aliphatic carbocycles. The molecule has 4 nitrogen and oxygen atoms in total. The second-order valence-electron chi connectivity index (χ2n) is 5.50. The third kappa shape index (κ3) is 3.56. The Labute approximate surface area is 134 Å². The zero-order chi connectivity index (χ0) is 16.2. The lowest BCUT2D eigenvalue weighted by molar-refractivity contribution is 0.0966. The Hall–Kier alpha value is -2.69.